The van der Waals surface area contributed by atoms with Crippen LogP contribution in [0.1, 0.15) is 13.3 Å². The number of carbonyl (C=O) groups is 2. The van der Waals surface area contributed by atoms with E-state index in [4.69, 9.17) is 4.74 Å². The average molecular weight is 204 g/mol. The van der Waals surface area contributed by atoms with E-state index in [1.165, 1.54) is 19.3 Å². The van der Waals surface area contributed by atoms with Gasteiger partial charge in [0.15, 0.2) is 11.6 Å². The van der Waals surface area contributed by atoms with Gasteiger partial charge in [-0.15, -0.1) is 0 Å². The van der Waals surface area contributed by atoms with Crippen molar-refractivity contribution in [2.24, 2.45) is 5.41 Å². The molecule has 0 aromatic carbocycles. The van der Waals surface area contributed by atoms with Crippen molar-refractivity contribution in [1.82, 2.24) is 0 Å². The molecule has 3 heteroatoms. The molecule has 15 heavy (non-hydrogen) atoms. The number of hydrogen-bond donors (Lipinski definition) is 0. The summed E-state index contributed by atoms with van der Waals surface area (Å²) in [5, 5.41) is 0. The van der Waals surface area contributed by atoms with Gasteiger partial charge >= 0.3 is 0 Å². The van der Waals surface area contributed by atoms with Crippen LogP contribution in [0.3, 0.4) is 0 Å². The molecular formula is C12H12O3. The summed E-state index contributed by atoms with van der Waals surface area (Å²) in [5.74, 6) is 0.550. The fourth-order valence-electron chi connectivity index (χ4n) is 2.16. The summed E-state index contributed by atoms with van der Waals surface area (Å²) in [7, 11) is 1.52. The number of methoxy groups -OCH3 is 1. The van der Waals surface area contributed by atoms with Gasteiger partial charge in [-0.05, 0) is 19.1 Å². The van der Waals surface area contributed by atoms with Crippen molar-refractivity contribution in [1.29, 1.82) is 0 Å². The van der Waals surface area contributed by atoms with Gasteiger partial charge in [0, 0.05) is 12.5 Å². The summed E-state index contributed by atoms with van der Waals surface area (Å²) < 4.78 is 5.21. The Hall–Kier alpha value is -1.64. The number of carbonyl (C=O) groups excluding carboxylic acids is 2. The van der Waals surface area contributed by atoms with Crippen molar-refractivity contribution in [3.8, 4) is 0 Å². The van der Waals surface area contributed by atoms with Gasteiger partial charge in [-0.3, -0.25) is 9.59 Å². The molecule has 0 aromatic heterocycles. The van der Waals surface area contributed by atoms with Crippen molar-refractivity contribution >= 4 is 11.6 Å². The van der Waals surface area contributed by atoms with Crippen LogP contribution < -0.4 is 0 Å². The molecule has 0 N–H and O–H groups in total. The summed E-state index contributed by atoms with van der Waals surface area (Å²) in [5.41, 5.74) is 0.434. The van der Waals surface area contributed by atoms with Crippen molar-refractivity contribution in [3.63, 3.8) is 0 Å². The van der Waals surface area contributed by atoms with E-state index in [-0.39, 0.29) is 11.6 Å². The first-order chi connectivity index (χ1) is 7.08. The topological polar surface area (TPSA) is 43.4 Å². The highest BCUT2D eigenvalue weighted by Crippen LogP contribution is 2.46. The second-order valence-electron chi connectivity index (χ2n) is 3.89. The first kappa shape index (κ1) is 9.90. The van der Waals surface area contributed by atoms with Crippen LogP contribution in [0.15, 0.2) is 35.6 Å². The molecule has 2 aliphatic rings. The van der Waals surface area contributed by atoms with Gasteiger partial charge in [0.25, 0.3) is 0 Å². The maximum atomic E-state index is 11.4. The minimum absolute atomic E-state index is 0.0782. The van der Waals surface area contributed by atoms with Gasteiger partial charge in [0.2, 0.25) is 0 Å². The Kier molecular flexibility index (Phi) is 2.11. The molecule has 0 amide bonds. The fourth-order valence-corrected chi connectivity index (χ4v) is 2.16. The molecule has 0 radical (unpaired) electrons. The van der Waals surface area contributed by atoms with Crippen molar-refractivity contribution in [2.45, 2.75) is 13.3 Å². The van der Waals surface area contributed by atoms with Gasteiger partial charge in [0.05, 0.1) is 12.5 Å². The maximum Gasteiger partial charge on any atom is 0.181 e. The van der Waals surface area contributed by atoms with Crippen LogP contribution in [0.2, 0.25) is 0 Å². The monoisotopic (exact) mass is 204 g/mol. The third kappa shape index (κ3) is 1.35. The van der Waals surface area contributed by atoms with E-state index in [1.807, 2.05) is 6.92 Å². The van der Waals surface area contributed by atoms with E-state index in [2.05, 4.69) is 0 Å². The van der Waals surface area contributed by atoms with Crippen LogP contribution in [0, 0.1) is 5.41 Å². The minimum Gasteiger partial charge on any atom is -0.500 e. The van der Waals surface area contributed by atoms with Gasteiger partial charge in [-0.25, -0.2) is 0 Å². The molecule has 0 heterocycles. The lowest BCUT2D eigenvalue weighted by atomic mass is 9.76. The quantitative estimate of drug-likeness (QED) is 0.651. The van der Waals surface area contributed by atoms with Crippen molar-refractivity contribution < 1.29 is 14.3 Å². The van der Waals surface area contributed by atoms with Crippen LogP contribution in [0.25, 0.3) is 0 Å². The lowest BCUT2D eigenvalue weighted by Crippen LogP contribution is -2.25. The summed E-state index contributed by atoms with van der Waals surface area (Å²) in [6, 6.07) is 0. The molecule has 0 aliphatic heterocycles. The Labute approximate surface area is 88.1 Å². The minimum atomic E-state index is -0.500. The molecule has 1 atom stereocenters. The van der Waals surface area contributed by atoms with E-state index in [0.29, 0.717) is 12.2 Å². The zero-order chi connectivity index (χ0) is 11.1. The van der Waals surface area contributed by atoms with Crippen molar-refractivity contribution in [3.05, 3.63) is 35.6 Å². The third-order valence-electron chi connectivity index (χ3n) is 3.00. The predicted molar refractivity (Wildman–Crippen MR) is 55.1 cm³/mol. The zero-order valence-corrected chi connectivity index (χ0v) is 8.74. The Balaban J connectivity index is 2.49. The molecule has 3 nitrogen and oxygen atoms in total. The molecule has 2 aliphatic carbocycles. The Morgan fingerprint density at radius 3 is 2.60 bits per heavy atom. The number of hydrogen-bond acceptors (Lipinski definition) is 3. The normalized spacial score (nSPS) is 29.5. The fraction of sp³-hybridized carbons (Fsp3) is 0.333. The first-order valence-corrected chi connectivity index (χ1v) is 4.79. The molecule has 0 bridgehead atoms. The molecular weight excluding hydrogens is 192 g/mol. The Bertz CT molecular complexity index is 426. The Morgan fingerprint density at radius 1 is 1.33 bits per heavy atom. The predicted octanol–water partition coefficient (Wildman–Crippen LogP) is 1.56. The van der Waals surface area contributed by atoms with Gasteiger partial charge in [-0.1, -0.05) is 11.6 Å². The molecule has 1 spiro atoms. The lowest BCUT2D eigenvalue weighted by Gasteiger charge is -2.30. The van der Waals surface area contributed by atoms with Crippen LogP contribution in [-0.2, 0) is 14.3 Å². The summed E-state index contributed by atoms with van der Waals surface area (Å²) in [6.07, 6.45) is 6.70. The molecule has 0 fully saturated rings. The first-order valence-electron chi connectivity index (χ1n) is 4.79. The number of ether oxygens (including phenoxy) is 1. The lowest BCUT2D eigenvalue weighted by molar-refractivity contribution is -0.115. The zero-order valence-electron chi connectivity index (χ0n) is 8.74. The third-order valence-corrected chi connectivity index (χ3v) is 3.00. The van der Waals surface area contributed by atoms with Crippen LogP contribution >= 0.6 is 0 Å². The Morgan fingerprint density at radius 2 is 2.07 bits per heavy atom. The number of rotatable bonds is 1. The summed E-state index contributed by atoms with van der Waals surface area (Å²) in [4.78, 5) is 22.6. The van der Waals surface area contributed by atoms with Crippen molar-refractivity contribution in [2.75, 3.05) is 7.11 Å². The van der Waals surface area contributed by atoms with Crippen LogP contribution in [0.5, 0.6) is 0 Å². The van der Waals surface area contributed by atoms with Gasteiger partial charge in [-0.2, -0.15) is 0 Å². The number of allylic oxidation sites excluding steroid dienone is 4. The smallest absolute Gasteiger partial charge is 0.181 e. The molecule has 2 rings (SSSR count). The molecule has 0 saturated carbocycles. The van der Waals surface area contributed by atoms with E-state index in [0.717, 1.165) is 5.57 Å². The second kappa shape index (κ2) is 3.19. The van der Waals surface area contributed by atoms with E-state index in [9.17, 15) is 9.59 Å². The molecule has 78 valence electrons. The van der Waals surface area contributed by atoms with Crippen LogP contribution in [0.4, 0.5) is 0 Å². The van der Waals surface area contributed by atoms with E-state index < -0.39 is 5.41 Å². The average Bonchev–Trinajstić information content (AvgIpc) is 2.47. The highest BCUT2D eigenvalue weighted by atomic mass is 16.5. The molecule has 0 saturated heterocycles. The second-order valence-corrected chi connectivity index (χ2v) is 3.89. The van der Waals surface area contributed by atoms with E-state index in [1.54, 1.807) is 12.2 Å². The van der Waals surface area contributed by atoms with Gasteiger partial charge in [0.1, 0.15) is 5.76 Å². The SMILES string of the molecule is COC1=CC(=O)C=CC12CC(=O)C=C2C. The highest BCUT2D eigenvalue weighted by molar-refractivity contribution is 6.03. The summed E-state index contributed by atoms with van der Waals surface area (Å²) >= 11 is 0. The van der Waals surface area contributed by atoms with E-state index >= 15 is 0 Å². The summed E-state index contributed by atoms with van der Waals surface area (Å²) in [6.45, 7) is 1.89. The maximum absolute atomic E-state index is 11.4. The number of ketones is 2. The largest absolute Gasteiger partial charge is 0.500 e. The molecule has 1 unspecified atom stereocenters. The standard InChI is InChI=1S/C12H12O3/c1-8-5-10(14)7-12(8)4-3-9(13)6-11(12)15-2/h3-6H,7H2,1-2H3. The molecule has 0 aromatic rings. The highest BCUT2D eigenvalue weighted by Gasteiger charge is 2.42. The van der Waals surface area contributed by atoms with Crippen LogP contribution in [-0.4, -0.2) is 18.7 Å². The van der Waals surface area contributed by atoms with Gasteiger partial charge < -0.3 is 4.74 Å².